The SMILES string of the molecule is COC(=O)C1=C(c2ccc(Cl)c(C(F)(F)F)c2)C[C@@H]2CC[C@H]1N2C(=O)NCCCOC(C)C. The first kappa shape index (κ1) is 25.4. The van der Waals surface area contributed by atoms with Crippen molar-refractivity contribution in [3.8, 4) is 0 Å². The fourth-order valence-corrected chi connectivity index (χ4v) is 4.70. The van der Waals surface area contributed by atoms with Gasteiger partial charge in [0.15, 0.2) is 0 Å². The Bertz CT molecular complexity index is 933. The van der Waals surface area contributed by atoms with Crippen LogP contribution in [0.4, 0.5) is 18.0 Å². The molecule has 2 bridgehead atoms. The largest absolute Gasteiger partial charge is 0.466 e. The Morgan fingerprint density at radius 2 is 2.00 bits per heavy atom. The van der Waals surface area contributed by atoms with Crippen molar-refractivity contribution in [2.75, 3.05) is 20.3 Å². The molecule has 1 fully saturated rings. The molecule has 2 atom stereocenters. The molecule has 0 radical (unpaired) electrons. The van der Waals surface area contributed by atoms with Gasteiger partial charge < -0.3 is 19.7 Å². The van der Waals surface area contributed by atoms with Crippen molar-refractivity contribution in [3.05, 3.63) is 39.9 Å². The van der Waals surface area contributed by atoms with E-state index in [9.17, 15) is 22.8 Å². The van der Waals surface area contributed by atoms with Gasteiger partial charge in [0.05, 0.1) is 35.4 Å². The number of methoxy groups -OCH3 is 1. The molecular weight excluding hydrogens is 461 g/mol. The molecule has 2 aliphatic rings. The van der Waals surface area contributed by atoms with Crippen LogP contribution in [-0.4, -0.2) is 55.3 Å². The monoisotopic (exact) mass is 488 g/mol. The van der Waals surface area contributed by atoms with Crippen LogP contribution in [0.25, 0.3) is 5.57 Å². The number of carbonyl (C=O) groups is 2. The van der Waals surface area contributed by atoms with Gasteiger partial charge in [0.1, 0.15) is 0 Å². The molecule has 2 amide bonds. The van der Waals surface area contributed by atoms with Crippen LogP contribution in [0.3, 0.4) is 0 Å². The second-order valence-corrected chi connectivity index (χ2v) is 8.85. The second-order valence-electron chi connectivity index (χ2n) is 8.44. The number of benzene rings is 1. The predicted octanol–water partition coefficient (Wildman–Crippen LogP) is 5.05. The molecule has 2 heterocycles. The Morgan fingerprint density at radius 1 is 1.27 bits per heavy atom. The first-order chi connectivity index (χ1) is 15.5. The third-order valence-electron chi connectivity index (χ3n) is 5.91. The molecule has 2 aliphatic heterocycles. The van der Waals surface area contributed by atoms with Crippen molar-refractivity contribution in [3.63, 3.8) is 0 Å². The van der Waals surface area contributed by atoms with Gasteiger partial charge >= 0.3 is 18.2 Å². The minimum Gasteiger partial charge on any atom is -0.466 e. The summed E-state index contributed by atoms with van der Waals surface area (Å²) in [5.41, 5.74) is -0.0182. The zero-order valence-corrected chi connectivity index (χ0v) is 19.6. The van der Waals surface area contributed by atoms with Crippen LogP contribution in [0.5, 0.6) is 0 Å². The lowest BCUT2D eigenvalue weighted by molar-refractivity contribution is -0.137. The normalized spacial score (nSPS) is 20.4. The number of hydrogen-bond donors (Lipinski definition) is 1. The molecule has 0 aromatic heterocycles. The Hall–Kier alpha value is -2.26. The first-order valence-corrected chi connectivity index (χ1v) is 11.3. The lowest BCUT2D eigenvalue weighted by Crippen LogP contribution is -2.51. The predicted molar refractivity (Wildman–Crippen MR) is 118 cm³/mol. The second kappa shape index (κ2) is 10.3. The smallest absolute Gasteiger partial charge is 0.417 e. The van der Waals surface area contributed by atoms with Crippen molar-refractivity contribution < 1.29 is 32.2 Å². The van der Waals surface area contributed by atoms with Gasteiger partial charge in [-0.2, -0.15) is 13.2 Å². The Balaban J connectivity index is 1.88. The van der Waals surface area contributed by atoms with Crippen LogP contribution in [-0.2, 0) is 20.4 Å². The van der Waals surface area contributed by atoms with E-state index >= 15 is 0 Å². The zero-order valence-electron chi connectivity index (χ0n) is 18.8. The molecule has 1 aromatic rings. The lowest BCUT2D eigenvalue weighted by atomic mass is 9.87. The number of nitrogens with zero attached hydrogens (tertiary/aromatic N) is 1. The summed E-state index contributed by atoms with van der Waals surface area (Å²) in [6.07, 6.45) is -2.46. The van der Waals surface area contributed by atoms with E-state index in [2.05, 4.69) is 5.32 Å². The van der Waals surface area contributed by atoms with Crippen molar-refractivity contribution in [1.82, 2.24) is 10.2 Å². The highest BCUT2D eigenvalue weighted by molar-refractivity contribution is 6.31. The minimum atomic E-state index is -4.63. The molecule has 0 saturated carbocycles. The average molecular weight is 489 g/mol. The van der Waals surface area contributed by atoms with E-state index in [0.717, 1.165) is 6.07 Å². The highest BCUT2D eigenvalue weighted by Gasteiger charge is 2.47. The minimum absolute atomic E-state index is 0.107. The van der Waals surface area contributed by atoms with E-state index in [1.54, 1.807) is 4.90 Å². The summed E-state index contributed by atoms with van der Waals surface area (Å²) in [4.78, 5) is 27.3. The van der Waals surface area contributed by atoms with E-state index in [0.29, 0.717) is 38.0 Å². The van der Waals surface area contributed by atoms with E-state index < -0.39 is 28.8 Å². The maximum Gasteiger partial charge on any atom is 0.417 e. The number of carbonyl (C=O) groups excluding carboxylic acids is 2. The molecular formula is C23H28ClF3N2O4. The highest BCUT2D eigenvalue weighted by Crippen LogP contribution is 2.45. The van der Waals surface area contributed by atoms with E-state index in [-0.39, 0.29) is 35.7 Å². The number of amides is 2. The molecule has 3 rings (SSSR count). The molecule has 1 saturated heterocycles. The van der Waals surface area contributed by atoms with Crippen LogP contribution in [0.2, 0.25) is 5.02 Å². The molecule has 1 N–H and O–H groups in total. The van der Waals surface area contributed by atoms with Gasteiger partial charge in [-0.15, -0.1) is 0 Å². The maximum absolute atomic E-state index is 13.4. The molecule has 6 nitrogen and oxygen atoms in total. The molecule has 0 unspecified atom stereocenters. The van der Waals surface area contributed by atoms with Crippen LogP contribution < -0.4 is 5.32 Å². The van der Waals surface area contributed by atoms with Crippen LogP contribution in [0, 0.1) is 0 Å². The number of hydrogen-bond acceptors (Lipinski definition) is 4. The van der Waals surface area contributed by atoms with Gasteiger partial charge in [-0.1, -0.05) is 17.7 Å². The van der Waals surface area contributed by atoms with Crippen molar-refractivity contribution in [2.24, 2.45) is 0 Å². The summed E-state index contributed by atoms with van der Waals surface area (Å²) in [5.74, 6) is -0.651. The maximum atomic E-state index is 13.4. The first-order valence-electron chi connectivity index (χ1n) is 10.9. The number of alkyl halides is 3. The standard InChI is InChI=1S/C23H28ClF3N2O4/c1-13(2)33-10-4-9-28-22(31)29-15-6-8-19(29)20(21(30)32-3)16(12-15)14-5-7-18(24)17(11-14)23(25,26)27/h5,7,11,13,15,19H,4,6,8-10,12H2,1-3H3,(H,28,31)/t15-,19+/m0/s1. The fourth-order valence-electron chi connectivity index (χ4n) is 4.47. The highest BCUT2D eigenvalue weighted by atomic mass is 35.5. The van der Waals surface area contributed by atoms with E-state index in [1.807, 2.05) is 13.8 Å². The molecule has 0 spiro atoms. The fraction of sp³-hybridized carbons (Fsp3) is 0.565. The van der Waals surface area contributed by atoms with Gasteiger partial charge in [-0.05, 0) is 62.8 Å². The van der Waals surface area contributed by atoms with E-state index in [1.165, 1.54) is 19.2 Å². The van der Waals surface area contributed by atoms with Crippen molar-refractivity contribution >= 4 is 29.2 Å². The van der Waals surface area contributed by atoms with Crippen molar-refractivity contribution in [1.29, 1.82) is 0 Å². The number of rotatable bonds is 7. The number of halogens is 4. The van der Waals surface area contributed by atoms with Gasteiger partial charge in [-0.3, -0.25) is 0 Å². The lowest BCUT2D eigenvalue weighted by Gasteiger charge is -2.37. The Morgan fingerprint density at radius 3 is 2.64 bits per heavy atom. The summed E-state index contributed by atoms with van der Waals surface area (Å²) in [5, 5.41) is 2.45. The zero-order chi connectivity index (χ0) is 24.3. The summed E-state index contributed by atoms with van der Waals surface area (Å²) in [6.45, 7) is 4.79. The third kappa shape index (κ3) is 5.63. The topological polar surface area (TPSA) is 67.9 Å². The summed E-state index contributed by atoms with van der Waals surface area (Å²) >= 11 is 5.77. The molecule has 10 heteroatoms. The number of esters is 1. The van der Waals surface area contributed by atoms with Gasteiger partial charge in [0.25, 0.3) is 0 Å². The van der Waals surface area contributed by atoms with Crippen LogP contribution in [0.15, 0.2) is 23.8 Å². The molecule has 0 aliphatic carbocycles. The summed E-state index contributed by atoms with van der Waals surface area (Å²) in [6, 6.07) is 2.52. The average Bonchev–Trinajstić information content (AvgIpc) is 3.05. The molecule has 182 valence electrons. The Labute approximate surface area is 196 Å². The van der Waals surface area contributed by atoms with Crippen LogP contribution in [0.1, 0.15) is 50.7 Å². The van der Waals surface area contributed by atoms with Gasteiger partial charge in [-0.25, -0.2) is 9.59 Å². The quantitative estimate of drug-likeness (QED) is 0.431. The van der Waals surface area contributed by atoms with Gasteiger partial charge in [0.2, 0.25) is 0 Å². The Kier molecular flexibility index (Phi) is 7.95. The van der Waals surface area contributed by atoms with Gasteiger partial charge in [0, 0.05) is 19.2 Å². The molecule has 33 heavy (non-hydrogen) atoms. The third-order valence-corrected chi connectivity index (χ3v) is 6.24. The number of ether oxygens (including phenoxy) is 2. The number of fused-ring (bicyclic) bond motifs is 2. The number of nitrogens with one attached hydrogen (secondary N) is 1. The van der Waals surface area contributed by atoms with Crippen molar-refractivity contribution in [2.45, 2.75) is 63.9 Å². The summed E-state index contributed by atoms with van der Waals surface area (Å²) in [7, 11) is 1.22. The van der Waals surface area contributed by atoms with E-state index in [4.69, 9.17) is 21.1 Å². The summed E-state index contributed by atoms with van der Waals surface area (Å²) < 4.78 is 50.6. The molecule has 1 aromatic carbocycles. The number of urea groups is 1. The van der Waals surface area contributed by atoms with Crippen LogP contribution >= 0.6 is 11.6 Å².